The lowest BCUT2D eigenvalue weighted by Gasteiger charge is -2.28. The number of hydrogen-bond donors (Lipinski definition) is 1. The molecule has 0 fully saturated rings. The van der Waals surface area contributed by atoms with Gasteiger partial charge in [0.15, 0.2) is 11.4 Å². The van der Waals surface area contributed by atoms with Crippen LogP contribution in [0.3, 0.4) is 0 Å². The van der Waals surface area contributed by atoms with Crippen LogP contribution in [0.15, 0.2) is 114 Å². The largest absolute Gasteiger partial charge is 0.416 e. The van der Waals surface area contributed by atoms with E-state index in [9.17, 15) is 26.7 Å². The van der Waals surface area contributed by atoms with Gasteiger partial charge < -0.3 is 5.32 Å². The minimum absolute atomic E-state index is 0.136. The van der Waals surface area contributed by atoms with Gasteiger partial charge in [0.05, 0.1) is 5.56 Å². The highest BCUT2D eigenvalue weighted by molar-refractivity contribution is 6.16. The molecule has 1 aliphatic heterocycles. The number of carbonyl (C=O) groups excluding carboxylic acids is 1. The number of carbonyl (C=O) groups is 1. The van der Waals surface area contributed by atoms with E-state index in [0.717, 1.165) is 37.2 Å². The number of aromatic nitrogens is 1. The van der Waals surface area contributed by atoms with Crippen molar-refractivity contribution in [3.63, 3.8) is 0 Å². The van der Waals surface area contributed by atoms with Crippen LogP contribution in [0.2, 0.25) is 0 Å². The molecule has 53 heavy (non-hydrogen) atoms. The number of amidine groups is 1. The fourth-order valence-corrected chi connectivity index (χ4v) is 5.31. The van der Waals surface area contributed by atoms with Crippen molar-refractivity contribution < 1.29 is 26.7 Å². The number of hydrogen-bond acceptors (Lipinski definition) is 4. The summed E-state index contributed by atoms with van der Waals surface area (Å²) in [5.74, 6) is -0.218. The molecule has 0 radical (unpaired) electrons. The van der Waals surface area contributed by atoms with Gasteiger partial charge in [0.1, 0.15) is 17.3 Å². The van der Waals surface area contributed by atoms with Gasteiger partial charge in [-0.15, -0.1) is 0 Å². The molecule has 1 aromatic heterocycles. The van der Waals surface area contributed by atoms with Crippen molar-refractivity contribution in [3.05, 3.63) is 137 Å². The maximum Gasteiger partial charge on any atom is 0.416 e. The SMILES string of the molecule is CC.CC.CC.CCC(C)c1ccc(C(F)(F)F)cc1.CCNCCCN1C(=O)C(C2=CC=C(F)CC=C2)(c2ccc(F)cc2)N=C1c1ccccn1. The molecule has 3 aromatic rings. The summed E-state index contributed by atoms with van der Waals surface area (Å²) in [4.78, 5) is 25.2. The third-order valence-electron chi connectivity index (χ3n) is 8.12. The molecule has 0 bridgehead atoms. The molecule has 5 rings (SSSR count). The van der Waals surface area contributed by atoms with Crippen LogP contribution in [0.1, 0.15) is 110 Å². The highest BCUT2D eigenvalue weighted by Gasteiger charge is 2.52. The molecule has 1 aliphatic carbocycles. The van der Waals surface area contributed by atoms with Gasteiger partial charge in [0.2, 0.25) is 0 Å². The zero-order chi connectivity index (χ0) is 40.0. The summed E-state index contributed by atoms with van der Waals surface area (Å²) in [5.41, 5.74) is 0.525. The second-order valence-electron chi connectivity index (χ2n) is 11.3. The molecule has 1 amide bonds. The Hall–Kier alpha value is -4.44. The third-order valence-corrected chi connectivity index (χ3v) is 8.12. The van der Waals surface area contributed by atoms with E-state index in [1.54, 1.807) is 65.7 Å². The molecule has 0 saturated heterocycles. The van der Waals surface area contributed by atoms with Gasteiger partial charge in [-0.1, -0.05) is 111 Å². The van der Waals surface area contributed by atoms with E-state index in [-0.39, 0.29) is 18.2 Å². The predicted octanol–water partition coefficient (Wildman–Crippen LogP) is 11.7. The van der Waals surface area contributed by atoms with Gasteiger partial charge in [0.25, 0.3) is 5.91 Å². The third kappa shape index (κ3) is 12.9. The number of alkyl halides is 3. The molecule has 0 saturated carbocycles. The fraction of sp³-hybridized carbons (Fsp3) is 0.419. The summed E-state index contributed by atoms with van der Waals surface area (Å²) < 4.78 is 64.4. The van der Waals surface area contributed by atoms with Gasteiger partial charge in [-0.05, 0) is 91.0 Å². The van der Waals surface area contributed by atoms with Crippen LogP contribution in [0.25, 0.3) is 0 Å². The Kier molecular flexibility index (Phi) is 21.1. The maximum absolute atomic E-state index is 14.1. The number of allylic oxidation sites excluding steroid dienone is 4. The van der Waals surface area contributed by atoms with E-state index < -0.39 is 23.1 Å². The molecule has 5 nitrogen and oxygen atoms in total. The van der Waals surface area contributed by atoms with Crippen molar-refractivity contribution >= 4 is 11.7 Å². The van der Waals surface area contributed by atoms with Crippen LogP contribution < -0.4 is 5.32 Å². The topological polar surface area (TPSA) is 57.6 Å². The van der Waals surface area contributed by atoms with Crippen LogP contribution >= 0.6 is 0 Å². The number of amides is 1. The Morgan fingerprint density at radius 1 is 0.887 bits per heavy atom. The smallest absolute Gasteiger partial charge is 0.317 e. The quantitative estimate of drug-likeness (QED) is 0.166. The monoisotopic (exact) mass is 740 g/mol. The summed E-state index contributed by atoms with van der Waals surface area (Å²) in [7, 11) is 0. The number of rotatable bonds is 10. The summed E-state index contributed by atoms with van der Waals surface area (Å²) in [6.07, 6.45) is 5.56. The molecule has 2 aromatic carbocycles. The second-order valence-corrected chi connectivity index (χ2v) is 11.3. The molecule has 2 heterocycles. The Labute approximate surface area is 313 Å². The van der Waals surface area contributed by atoms with Crippen LogP contribution in [0, 0.1) is 5.82 Å². The van der Waals surface area contributed by atoms with E-state index in [1.807, 2.05) is 68.4 Å². The van der Waals surface area contributed by atoms with Crippen molar-refractivity contribution in [1.29, 1.82) is 0 Å². The zero-order valence-corrected chi connectivity index (χ0v) is 32.7. The zero-order valence-electron chi connectivity index (χ0n) is 32.7. The van der Waals surface area contributed by atoms with E-state index in [4.69, 9.17) is 4.99 Å². The lowest BCUT2D eigenvalue weighted by Crippen LogP contribution is -2.43. The van der Waals surface area contributed by atoms with Gasteiger partial charge in [0, 0.05) is 19.2 Å². The van der Waals surface area contributed by atoms with Crippen molar-refractivity contribution in [2.45, 2.75) is 99.2 Å². The van der Waals surface area contributed by atoms with Crippen LogP contribution in [-0.4, -0.2) is 41.3 Å². The maximum atomic E-state index is 14.1. The van der Waals surface area contributed by atoms with Crippen molar-refractivity contribution in [2.75, 3.05) is 19.6 Å². The summed E-state index contributed by atoms with van der Waals surface area (Å²) in [6, 6.07) is 16.6. The molecular weight excluding hydrogens is 683 g/mol. The van der Waals surface area contributed by atoms with Gasteiger partial charge in [-0.25, -0.2) is 13.8 Å². The number of benzene rings is 2. The highest BCUT2D eigenvalue weighted by Crippen LogP contribution is 2.43. The number of pyridine rings is 1. The molecule has 2 aliphatic rings. The Bertz CT molecular complexity index is 1620. The molecule has 1 N–H and O–H groups in total. The first-order valence-electron chi connectivity index (χ1n) is 18.7. The molecule has 2 atom stereocenters. The molecular formula is C43H57F5N4O. The van der Waals surface area contributed by atoms with Crippen molar-refractivity contribution in [3.8, 4) is 0 Å². The fourth-order valence-electron chi connectivity index (χ4n) is 5.31. The summed E-state index contributed by atoms with van der Waals surface area (Å²) in [6.45, 7) is 20.1. The first-order valence-corrected chi connectivity index (χ1v) is 18.7. The number of nitrogens with one attached hydrogen (secondary N) is 1. The van der Waals surface area contributed by atoms with E-state index in [1.165, 1.54) is 18.2 Å². The Balaban J connectivity index is 0.000000588. The minimum Gasteiger partial charge on any atom is -0.317 e. The number of halogens is 5. The summed E-state index contributed by atoms with van der Waals surface area (Å²) in [5, 5.41) is 3.27. The van der Waals surface area contributed by atoms with Crippen LogP contribution in [0.4, 0.5) is 22.0 Å². The average Bonchev–Trinajstić information content (AvgIpc) is 3.31. The summed E-state index contributed by atoms with van der Waals surface area (Å²) >= 11 is 0. The number of nitrogens with zero attached hydrogens (tertiary/aromatic N) is 3. The predicted molar refractivity (Wildman–Crippen MR) is 209 cm³/mol. The molecule has 2 unspecified atom stereocenters. The first-order chi connectivity index (χ1) is 25.5. The van der Waals surface area contributed by atoms with Crippen molar-refractivity contribution in [1.82, 2.24) is 15.2 Å². The minimum atomic E-state index is -4.23. The standard InChI is InChI=1S/C26H26F2N4O.C11H13F3.3C2H6/c1-2-29-16-6-18-32-24(23-9-3-4-17-30-23)31-26(25(32)33,20-11-14-22(28)15-12-20)19-7-5-8-21(27)13-10-19;1-3-8(2)9-4-6-10(7-5-9)11(12,13)14;3*1-2/h3-5,7,9-15,17,29H,2,6,8,16,18H2,1H3;4-8H,3H2,1-2H3;3*1-2H3. The van der Waals surface area contributed by atoms with Gasteiger partial charge >= 0.3 is 6.18 Å². The molecule has 10 heteroatoms. The Morgan fingerprint density at radius 3 is 2.08 bits per heavy atom. The lowest BCUT2D eigenvalue weighted by atomic mass is 9.82. The van der Waals surface area contributed by atoms with Gasteiger partial charge in [-0.3, -0.25) is 14.7 Å². The Morgan fingerprint density at radius 2 is 1.53 bits per heavy atom. The molecule has 0 spiro atoms. The lowest BCUT2D eigenvalue weighted by molar-refractivity contribution is -0.137. The van der Waals surface area contributed by atoms with E-state index >= 15 is 0 Å². The van der Waals surface area contributed by atoms with Gasteiger partial charge in [-0.2, -0.15) is 13.2 Å². The van der Waals surface area contributed by atoms with E-state index in [0.29, 0.717) is 41.5 Å². The number of aliphatic imine (C=N–C) groups is 1. The van der Waals surface area contributed by atoms with Crippen molar-refractivity contribution in [2.24, 2.45) is 4.99 Å². The average molecular weight is 741 g/mol. The first kappa shape index (κ1) is 46.6. The second kappa shape index (κ2) is 24.0. The van der Waals surface area contributed by atoms with E-state index in [2.05, 4.69) is 10.3 Å². The normalized spacial score (nSPS) is 16.8. The van der Waals surface area contributed by atoms with Crippen LogP contribution in [-0.2, 0) is 16.5 Å². The molecule has 290 valence electrons. The van der Waals surface area contributed by atoms with Crippen LogP contribution in [0.5, 0.6) is 0 Å². The highest BCUT2D eigenvalue weighted by atomic mass is 19.4.